The van der Waals surface area contributed by atoms with Gasteiger partial charge in [-0.15, -0.1) is 0 Å². The van der Waals surface area contributed by atoms with Gasteiger partial charge in [0.05, 0.1) is 6.54 Å². The van der Waals surface area contributed by atoms with Crippen LogP contribution in [0.3, 0.4) is 0 Å². The summed E-state index contributed by atoms with van der Waals surface area (Å²) in [5, 5.41) is 0. The molecule has 1 unspecified atom stereocenters. The van der Waals surface area contributed by atoms with Gasteiger partial charge in [0.15, 0.2) is 11.2 Å². The minimum Gasteiger partial charge on any atom is -0.338 e. The van der Waals surface area contributed by atoms with E-state index < -0.39 is 0 Å². The van der Waals surface area contributed by atoms with Gasteiger partial charge >= 0.3 is 5.69 Å². The molecule has 0 amide bonds. The number of imidazole rings is 1. The van der Waals surface area contributed by atoms with Crippen LogP contribution in [0.5, 0.6) is 0 Å². The Kier molecular flexibility index (Phi) is 4.73. The largest absolute Gasteiger partial charge is 0.338 e. The molecule has 0 aliphatic carbocycles. The molecule has 31 heavy (non-hydrogen) atoms. The third-order valence-electron chi connectivity index (χ3n) is 5.92. The van der Waals surface area contributed by atoms with Crippen LogP contribution in [0, 0.1) is 5.92 Å². The molecule has 0 radical (unpaired) electrons. The van der Waals surface area contributed by atoms with Crippen molar-refractivity contribution >= 4 is 17.1 Å². The van der Waals surface area contributed by atoms with Crippen molar-refractivity contribution in [2.24, 2.45) is 13.0 Å². The van der Waals surface area contributed by atoms with Gasteiger partial charge in [0.1, 0.15) is 0 Å². The van der Waals surface area contributed by atoms with Crippen LogP contribution in [0.2, 0.25) is 0 Å². The number of aromatic nitrogens is 4. The van der Waals surface area contributed by atoms with Crippen molar-refractivity contribution < 1.29 is 0 Å². The Morgan fingerprint density at radius 1 is 0.903 bits per heavy atom. The zero-order valence-electron chi connectivity index (χ0n) is 17.7. The fraction of sp³-hybridized carbons (Fsp3) is 0.292. The molecule has 5 rings (SSSR count). The molecule has 2 aromatic heterocycles. The maximum atomic E-state index is 13.5. The maximum absolute atomic E-state index is 13.5. The standard InChI is InChI=1S/C24H25N5O2/c1-17-13-27(15-18-9-5-3-6-10-18)23-25-21-20(28(23)14-17)22(30)29(24(31)26(21)2)16-19-11-7-4-8-12-19/h3-12,17H,13-16H2,1-2H3. The molecule has 158 valence electrons. The Bertz CT molecular complexity index is 1350. The molecule has 1 aliphatic heterocycles. The average Bonchev–Trinajstić information content (AvgIpc) is 3.16. The van der Waals surface area contributed by atoms with Crippen LogP contribution in [-0.4, -0.2) is 25.2 Å². The molecule has 7 nitrogen and oxygen atoms in total. The van der Waals surface area contributed by atoms with Crippen molar-refractivity contribution in [2.45, 2.75) is 26.6 Å². The normalized spacial score (nSPS) is 15.9. The van der Waals surface area contributed by atoms with Gasteiger partial charge in [-0.3, -0.25) is 13.9 Å². The monoisotopic (exact) mass is 415 g/mol. The molecule has 4 aromatic rings. The number of hydrogen-bond donors (Lipinski definition) is 0. The highest BCUT2D eigenvalue weighted by Crippen LogP contribution is 2.28. The third kappa shape index (κ3) is 3.36. The highest BCUT2D eigenvalue weighted by Gasteiger charge is 2.29. The number of nitrogens with zero attached hydrogens (tertiary/aromatic N) is 5. The van der Waals surface area contributed by atoms with E-state index in [2.05, 4.69) is 24.0 Å². The van der Waals surface area contributed by atoms with Crippen LogP contribution in [0.4, 0.5) is 5.95 Å². The zero-order chi connectivity index (χ0) is 21.5. The van der Waals surface area contributed by atoms with Crippen LogP contribution in [-0.2, 0) is 26.7 Å². The van der Waals surface area contributed by atoms with Crippen LogP contribution in [0.15, 0.2) is 70.3 Å². The van der Waals surface area contributed by atoms with Crippen LogP contribution >= 0.6 is 0 Å². The summed E-state index contributed by atoms with van der Waals surface area (Å²) in [5.74, 6) is 1.11. The number of anilines is 1. The summed E-state index contributed by atoms with van der Waals surface area (Å²) in [4.78, 5) is 33.5. The lowest BCUT2D eigenvalue weighted by molar-refractivity contribution is 0.435. The van der Waals surface area contributed by atoms with Crippen LogP contribution < -0.4 is 16.1 Å². The third-order valence-corrected chi connectivity index (χ3v) is 5.92. The first kappa shape index (κ1) is 19.4. The second-order valence-corrected chi connectivity index (χ2v) is 8.38. The number of hydrogen-bond acceptors (Lipinski definition) is 4. The van der Waals surface area contributed by atoms with E-state index in [0.717, 1.165) is 18.1 Å². The summed E-state index contributed by atoms with van der Waals surface area (Å²) >= 11 is 0. The minimum atomic E-state index is -0.348. The molecule has 0 spiro atoms. The maximum Gasteiger partial charge on any atom is 0.332 e. The van der Waals surface area contributed by atoms with Crippen molar-refractivity contribution in [1.29, 1.82) is 0 Å². The summed E-state index contributed by atoms with van der Waals surface area (Å²) in [6, 6.07) is 19.8. The van der Waals surface area contributed by atoms with E-state index >= 15 is 0 Å². The second-order valence-electron chi connectivity index (χ2n) is 8.38. The molecule has 1 aliphatic rings. The lowest BCUT2D eigenvalue weighted by Gasteiger charge is -2.33. The molecule has 0 N–H and O–H groups in total. The number of aryl methyl sites for hydroxylation is 1. The smallest absolute Gasteiger partial charge is 0.332 e. The van der Waals surface area contributed by atoms with E-state index in [4.69, 9.17) is 4.98 Å². The number of fused-ring (bicyclic) bond motifs is 3. The lowest BCUT2D eigenvalue weighted by atomic mass is 10.1. The van der Waals surface area contributed by atoms with E-state index in [9.17, 15) is 9.59 Å². The summed E-state index contributed by atoms with van der Waals surface area (Å²) in [6.07, 6.45) is 0. The minimum absolute atomic E-state index is 0.242. The Hall–Kier alpha value is -3.61. The highest BCUT2D eigenvalue weighted by atomic mass is 16.2. The molecule has 0 saturated heterocycles. The molecule has 1 atom stereocenters. The number of rotatable bonds is 4. The first-order valence-electron chi connectivity index (χ1n) is 10.6. The summed E-state index contributed by atoms with van der Waals surface area (Å²) in [6.45, 7) is 4.68. The van der Waals surface area contributed by atoms with Crippen LogP contribution in [0.25, 0.3) is 11.2 Å². The molecule has 2 aromatic carbocycles. The van der Waals surface area contributed by atoms with Gasteiger partial charge in [0.2, 0.25) is 5.95 Å². The van der Waals surface area contributed by atoms with Crippen molar-refractivity contribution in [3.63, 3.8) is 0 Å². The average molecular weight is 415 g/mol. The van der Waals surface area contributed by atoms with Crippen molar-refractivity contribution in [3.8, 4) is 0 Å². The van der Waals surface area contributed by atoms with E-state index in [0.29, 0.717) is 30.2 Å². The zero-order valence-corrected chi connectivity index (χ0v) is 17.7. The van der Waals surface area contributed by atoms with E-state index in [1.165, 1.54) is 14.7 Å². The topological polar surface area (TPSA) is 65.1 Å². The van der Waals surface area contributed by atoms with Gasteiger partial charge in [-0.05, 0) is 17.0 Å². The predicted octanol–water partition coefficient (Wildman–Crippen LogP) is 2.60. The quantitative estimate of drug-likeness (QED) is 0.514. The summed E-state index contributed by atoms with van der Waals surface area (Å²) < 4.78 is 4.81. The van der Waals surface area contributed by atoms with Gasteiger partial charge < -0.3 is 9.47 Å². The van der Waals surface area contributed by atoms with Crippen molar-refractivity contribution in [2.75, 3.05) is 11.4 Å². The van der Waals surface area contributed by atoms with E-state index in [1.54, 1.807) is 7.05 Å². The van der Waals surface area contributed by atoms with Gasteiger partial charge in [0.25, 0.3) is 5.56 Å². The lowest BCUT2D eigenvalue weighted by Crippen LogP contribution is -2.41. The molecule has 0 fully saturated rings. The van der Waals surface area contributed by atoms with E-state index in [-0.39, 0.29) is 17.8 Å². The molecule has 0 bridgehead atoms. The second kappa shape index (κ2) is 7.58. The Labute approximate surface area is 179 Å². The highest BCUT2D eigenvalue weighted by molar-refractivity contribution is 5.75. The first-order valence-corrected chi connectivity index (χ1v) is 10.6. The SMILES string of the molecule is CC1CN(Cc2ccccc2)c2nc3c(c(=O)n(Cc4ccccc4)c(=O)n3C)n2C1. The van der Waals surface area contributed by atoms with Gasteiger partial charge in [-0.25, -0.2) is 4.79 Å². The molecule has 7 heteroatoms. The molecule has 3 heterocycles. The Morgan fingerprint density at radius 3 is 2.16 bits per heavy atom. The Morgan fingerprint density at radius 2 is 1.52 bits per heavy atom. The summed E-state index contributed by atoms with van der Waals surface area (Å²) in [5.41, 5.74) is 2.41. The Balaban J connectivity index is 1.66. The predicted molar refractivity (Wildman–Crippen MR) is 121 cm³/mol. The molecular weight excluding hydrogens is 390 g/mol. The fourth-order valence-electron chi connectivity index (χ4n) is 4.45. The van der Waals surface area contributed by atoms with Gasteiger partial charge in [-0.1, -0.05) is 67.6 Å². The van der Waals surface area contributed by atoms with Gasteiger partial charge in [-0.2, -0.15) is 4.98 Å². The van der Waals surface area contributed by atoms with Crippen LogP contribution in [0.1, 0.15) is 18.1 Å². The van der Waals surface area contributed by atoms with Crippen molar-refractivity contribution in [3.05, 3.63) is 92.6 Å². The van der Waals surface area contributed by atoms with Crippen molar-refractivity contribution in [1.82, 2.24) is 18.7 Å². The molecule has 0 saturated carbocycles. The summed E-state index contributed by atoms with van der Waals surface area (Å²) in [7, 11) is 1.69. The van der Waals surface area contributed by atoms with Gasteiger partial charge in [0, 0.05) is 26.7 Å². The van der Waals surface area contributed by atoms with E-state index in [1.807, 2.05) is 53.1 Å². The first-order chi connectivity index (χ1) is 15.0. The molecular formula is C24H25N5O2. The fourth-order valence-corrected chi connectivity index (χ4v) is 4.45. The number of benzene rings is 2.